The van der Waals surface area contributed by atoms with Gasteiger partial charge in [0.2, 0.25) is 0 Å². The molecule has 0 unspecified atom stereocenters. The second kappa shape index (κ2) is 8.20. The van der Waals surface area contributed by atoms with Crippen molar-refractivity contribution in [2.75, 3.05) is 39.3 Å². The van der Waals surface area contributed by atoms with Gasteiger partial charge < -0.3 is 14.8 Å². The van der Waals surface area contributed by atoms with Crippen molar-refractivity contribution in [1.29, 1.82) is 0 Å². The van der Waals surface area contributed by atoms with E-state index in [1.54, 1.807) is 0 Å². The average molecular weight is 421 g/mol. The summed E-state index contributed by atoms with van der Waals surface area (Å²) in [5.41, 5.74) is 4.80. The van der Waals surface area contributed by atoms with Crippen LogP contribution >= 0.6 is 12.2 Å². The lowest BCUT2D eigenvalue weighted by Gasteiger charge is -2.28. The number of nitrogens with one attached hydrogen (secondary N) is 1. The first-order valence-corrected chi connectivity index (χ1v) is 10.9. The minimum Gasteiger partial charge on any atom is -0.361 e. The van der Waals surface area contributed by atoms with Crippen LogP contribution in [0.2, 0.25) is 0 Å². The van der Waals surface area contributed by atoms with Gasteiger partial charge in [-0.05, 0) is 54.5 Å². The first-order chi connectivity index (χ1) is 14.7. The molecule has 0 amide bonds. The molecule has 0 bridgehead atoms. The first-order valence-electron chi connectivity index (χ1n) is 10.5. The van der Waals surface area contributed by atoms with Gasteiger partial charge in [0.25, 0.3) is 0 Å². The standard InChI is InChI=1S/C24H25FN4S/c25-19-5-7-20(8-6-19)29-17-22(21-3-1-2-4-23(21)29)18-9-12-27(13-10-18)15-16-28-14-11-26-24(28)30/h1-9,17H,10-16H2,(H,26,30). The van der Waals surface area contributed by atoms with Gasteiger partial charge in [-0.15, -0.1) is 0 Å². The Hall–Kier alpha value is -2.70. The number of nitrogens with zero attached hydrogens (tertiary/aromatic N) is 3. The van der Waals surface area contributed by atoms with Crippen LogP contribution in [0.4, 0.5) is 4.39 Å². The maximum Gasteiger partial charge on any atom is 0.169 e. The Morgan fingerprint density at radius 1 is 1.00 bits per heavy atom. The predicted molar refractivity (Wildman–Crippen MR) is 124 cm³/mol. The van der Waals surface area contributed by atoms with Crippen LogP contribution in [-0.4, -0.2) is 58.7 Å². The molecule has 4 nitrogen and oxygen atoms in total. The quantitative estimate of drug-likeness (QED) is 0.629. The lowest BCUT2D eigenvalue weighted by Crippen LogP contribution is -2.38. The zero-order valence-corrected chi connectivity index (χ0v) is 17.7. The predicted octanol–water partition coefficient (Wildman–Crippen LogP) is 4.05. The van der Waals surface area contributed by atoms with Gasteiger partial charge in [-0.25, -0.2) is 4.39 Å². The van der Waals surface area contributed by atoms with Gasteiger partial charge in [0.15, 0.2) is 5.11 Å². The minimum absolute atomic E-state index is 0.212. The zero-order valence-electron chi connectivity index (χ0n) is 16.9. The van der Waals surface area contributed by atoms with Gasteiger partial charge in [0, 0.05) is 62.1 Å². The Kier molecular flexibility index (Phi) is 5.27. The maximum atomic E-state index is 13.4. The lowest BCUT2D eigenvalue weighted by atomic mass is 9.99. The topological polar surface area (TPSA) is 23.4 Å². The van der Waals surface area contributed by atoms with Crippen molar-refractivity contribution < 1.29 is 4.39 Å². The van der Waals surface area contributed by atoms with E-state index in [0.717, 1.165) is 62.0 Å². The summed E-state index contributed by atoms with van der Waals surface area (Å²) in [5.74, 6) is -0.212. The summed E-state index contributed by atoms with van der Waals surface area (Å²) in [6.45, 7) is 5.99. The van der Waals surface area contributed by atoms with Crippen LogP contribution in [0.15, 0.2) is 60.8 Å². The first kappa shape index (κ1) is 19.3. The summed E-state index contributed by atoms with van der Waals surface area (Å²) in [4.78, 5) is 4.74. The molecule has 6 heteroatoms. The van der Waals surface area contributed by atoms with E-state index in [4.69, 9.17) is 12.2 Å². The molecule has 0 atom stereocenters. The van der Waals surface area contributed by atoms with E-state index >= 15 is 0 Å². The highest BCUT2D eigenvalue weighted by molar-refractivity contribution is 7.80. The summed E-state index contributed by atoms with van der Waals surface area (Å²) in [6.07, 6.45) is 5.59. The fourth-order valence-electron chi connectivity index (χ4n) is 4.40. The Morgan fingerprint density at radius 2 is 1.83 bits per heavy atom. The molecule has 2 aromatic carbocycles. The highest BCUT2D eigenvalue weighted by Crippen LogP contribution is 2.32. The molecule has 30 heavy (non-hydrogen) atoms. The number of aromatic nitrogens is 1. The van der Waals surface area contributed by atoms with Crippen molar-refractivity contribution in [3.63, 3.8) is 0 Å². The Balaban J connectivity index is 1.37. The summed E-state index contributed by atoms with van der Waals surface area (Å²) in [5, 5.41) is 5.36. The highest BCUT2D eigenvalue weighted by Gasteiger charge is 2.20. The van der Waals surface area contributed by atoms with Crippen LogP contribution in [0.1, 0.15) is 12.0 Å². The van der Waals surface area contributed by atoms with Gasteiger partial charge in [0.1, 0.15) is 5.82 Å². The smallest absolute Gasteiger partial charge is 0.169 e. The second-order valence-corrected chi connectivity index (χ2v) is 8.29. The Labute approximate surface area is 181 Å². The number of fused-ring (bicyclic) bond motifs is 1. The molecule has 5 rings (SSSR count). The molecule has 3 aromatic rings. The number of para-hydroxylation sites is 1. The highest BCUT2D eigenvalue weighted by atomic mass is 32.1. The Morgan fingerprint density at radius 3 is 2.57 bits per heavy atom. The van der Waals surface area contributed by atoms with Gasteiger partial charge in [-0.3, -0.25) is 4.90 Å². The molecule has 1 saturated heterocycles. The molecular formula is C24H25FN4S. The van der Waals surface area contributed by atoms with Crippen LogP contribution in [0.3, 0.4) is 0 Å². The summed E-state index contributed by atoms with van der Waals surface area (Å²) in [7, 11) is 0. The minimum atomic E-state index is -0.212. The molecule has 0 spiro atoms. The zero-order chi connectivity index (χ0) is 20.5. The third-order valence-corrected chi connectivity index (χ3v) is 6.49. The van der Waals surface area contributed by atoms with Gasteiger partial charge in [-0.1, -0.05) is 24.3 Å². The van der Waals surface area contributed by atoms with Gasteiger partial charge in [-0.2, -0.15) is 0 Å². The molecule has 1 fully saturated rings. The molecule has 1 aromatic heterocycles. The SMILES string of the molecule is Fc1ccc(-n2cc(C3=CCN(CCN4CCNC4=S)CC3)c3ccccc32)cc1. The fraction of sp³-hybridized carbons (Fsp3) is 0.292. The normalized spacial score (nSPS) is 17.4. The number of thiocarbonyl (C=S) groups is 1. The summed E-state index contributed by atoms with van der Waals surface area (Å²) in [6, 6.07) is 15.2. The molecule has 1 N–H and O–H groups in total. The van der Waals surface area contributed by atoms with E-state index < -0.39 is 0 Å². The lowest BCUT2D eigenvalue weighted by molar-refractivity contribution is 0.274. The van der Waals surface area contributed by atoms with E-state index in [9.17, 15) is 4.39 Å². The maximum absolute atomic E-state index is 13.4. The van der Waals surface area contributed by atoms with Crippen molar-refractivity contribution >= 4 is 33.8 Å². The van der Waals surface area contributed by atoms with Crippen LogP contribution in [-0.2, 0) is 0 Å². The van der Waals surface area contributed by atoms with E-state index in [1.165, 1.54) is 28.7 Å². The Bertz CT molecular complexity index is 1100. The number of benzene rings is 2. The fourth-order valence-corrected chi connectivity index (χ4v) is 4.68. The summed E-state index contributed by atoms with van der Waals surface area (Å²) < 4.78 is 15.6. The van der Waals surface area contributed by atoms with Gasteiger partial charge >= 0.3 is 0 Å². The van der Waals surface area contributed by atoms with E-state index in [1.807, 2.05) is 12.1 Å². The molecule has 0 radical (unpaired) electrons. The molecule has 2 aliphatic heterocycles. The van der Waals surface area contributed by atoms with E-state index in [0.29, 0.717) is 0 Å². The van der Waals surface area contributed by atoms with Crippen LogP contribution in [0.25, 0.3) is 22.2 Å². The monoisotopic (exact) mass is 420 g/mol. The van der Waals surface area contributed by atoms with E-state index in [2.05, 4.69) is 56.2 Å². The third kappa shape index (κ3) is 3.73. The van der Waals surface area contributed by atoms with Crippen LogP contribution < -0.4 is 5.32 Å². The average Bonchev–Trinajstić information content (AvgIpc) is 3.37. The van der Waals surface area contributed by atoms with Crippen LogP contribution in [0, 0.1) is 5.82 Å². The van der Waals surface area contributed by atoms with Crippen molar-refractivity contribution in [2.24, 2.45) is 0 Å². The van der Waals surface area contributed by atoms with Crippen LogP contribution in [0.5, 0.6) is 0 Å². The van der Waals surface area contributed by atoms with Crippen molar-refractivity contribution in [3.05, 3.63) is 72.2 Å². The van der Waals surface area contributed by atoms with Crippen molar-refractivity contribution in [1.82, 2.24) is 19.7 Å². The second-order valence-electron chi connectivity index (χ2n) is 7.91. The third-order valence-electron chi connectivity index (χ3n) is 6.09. The summed E-state index contributed by atoms with van der Waals surface area (Å²) >= 11 is 5.35. The molecule has 0 aliphatic carbocycles. The molecule has 2 aliphatic rings. The van der Waals surface area contributed by atoms with Gasteiger partial charge in [0.05, 0.1) is 5.52 Å². The molecule has 154 valence electrons. The van der Waals surface area contributed by atoms with Crippen molar-refractivity contribution in [3.8, 4) is 5.69 Å². The number of rotatable bonds is 5. The molecule has 3 heterocycles. The molecule has 0 saturated carbocycles. The van der Waals surface area contributed by atoms with E-state index in [-0.39, 0.29) is 5.82 Å². The number of hydrogen-bond acceptors (Lipinski definition) is 2. The number of hydrogen-bond donors (Lipinski definition) is 1. The number of halogens is 1. The van der Waals surface area contributed by atoms with Crippen molar-refractivity contribution in [2.45, 2.75) is 6.42 Å². The molecular weight excluding hydrogens is 395 g/mol. The largest absolute Gasteiger partial charge is 0.361 e.